The van der Waals surface area contributed by atoms with E-state index in [0.29, 0.717) is 19.4 Å². The van der Waals surface area contributed by atoms with Crippen LogP contribution in [0.3, 0.4) is 0 Å². The van der Waals surface area contributed by atoms with Crippen LogP contribution in [0.4, 0.5) is 0 Å². The van der Waals surface area contributed by atoms with Crippen molar-refractivity contribution in [3.05, 3.63) is 48.0 Å². The number of nitriles is 1. The van der Waals surface area contributed by atoms with Crippen LogP contribution < -0.4 is 5.73 Å². The maximum Gasteiger partial charge on any atom is 0.225 e. The summed E-state index contributed by atoms with van der Waals surface area (Å²) >= 11 is 0. The molecule has 2 atom stereocenters. The Morgan fingerprint density at radius 3 is 2.87 bits per heavy atom. The highest BCUT2D eigenvalue weighted by Gasteiger charge is 2.29. The van der Waals surface area contributed by atoms with Gasteiger partial charge in [-0.05, 0) is 35.6 Å². The molecule has 0 bridgehead atoms. The lowest BCUT2D eigenvalue weighted by molar-refractivity contribution is -0.131. The highest BCUT2D eigenvalue weighted by atomic mass is 16.2. The first-order chi connectivity index (χ1) is 11.2. The van der Waals surface area contributed by atoms with Crippen LogP contribution >= 0.6 is 0 Å². The predicted molar refractivity (Wildman–Crippen MR) is 90.6 cm³/mol. The van der Waals surface area contributed by atoms with E-state index in [1.54, 1.807) is 4.90 Å². The third-order valence-corrected chi connectivity index (χ3v) is 4.47. The molecule has 1 heterocycles. The van der Waals surface area contributed by atoms with E-state index >= 15 is 0 Å². The number of hydrogen-bond acceptors (Lipinski definition) is 3. The molecule has 1 fully saturated rings. The van der Waals surface area contributed by atoms with E-state index in [1.807, 2.05) is 12.1 Å². The Labute approximate surface area is 136 Å². The normalized spacial score (nSPS) is 18.8. The molecule has 118 valence electrons. The summed E-state index contributed by atoms with van der Waals surface area (Å²) < 4.78 is 0. The van der Waals surface area contributed by atoms with Crippen LogP contribution in [-0.2, 0) is 11.2 Å². The number of hydrogen-bond donors (Lipinski definition) is 1. The van der Waals surface area contributed by atoms with Gasteiger partial charge in [0.2, 0.25) is 5.91 Å². The lowest BCUT2D eigenvalue weighted by atomic mass is 10.00. The number of nitrogens with zero attached hydrogens (tertiary/aromatic N) is 2. The minimum Gasteiger partial charge on any atom is -0.327 e. The summed E-state index contributed by atoms with van der Waals surface area (Å²) in [6.07, 6.45) is 2.65. The Morgan fingerprint density at radius 2 is 2.09 bits per heavy atom. The zero-order valence-electron chi connectivity index (χ0n) is 13.1. The zero-order chi connectivity index (χ0) is 16.2. The van der Waals surface area contributed by atoms with E-state index in [1.165, 1.54) is 10.8 Å². The molecule has 0 unspecified atom stereocenters. The van der Waals surface area contributed by atoms with Gasteiger partial charge in [0.1, 0.15) is 6.04 Å². The third-order valence-electron chi connectivity index (χ3n) is 4.47. The van der Waals surface area contributed by atoms with E-state index in [9.17, 15) is 4.79 Å². The van der Waals surface area contributed by atoms with E-state index in [0.717, 1.165) is 18.4 Å². The number of fused-ring (bicyclic) bond motifs is 1. The molecule has 4 heteroatoms. The van der Waals surface area contributed by atoms with Crippen molar-refractivity contribution in [2.75, 3.05) is 6.54 Å². The van der Waals surface area contributed by atoms with Crippen LogP contribution in [0.2, 0.25) is 0 Å². The van der Waals surface area contributed by atoms with Gasteiger partial charge in [-0.2, -0.15) is 5.26 Å². The molecular weight excluding hydrogens is 286 g/mol. The second kappa shape index (κ2) is 6.80. The van der Waals surface area contributed by atoms with Crippen molar-refractivity contribution < 1.29 is 4.79 Å². The lowest BCUT2D eigenvalue weighted by Crippen LogP contribution is -2.39. The standard InChI is InChI=1S/C19H21N3O/c20-13-18-6-3-9-22(18)19(23)12-17(21)11-14-7-8-15-4-1-2-5-16(15)10-14/h1-2,4-5,7-8,10,17-18H,3,6,9,11-12,21H2/t17-,18+/m1/s1. The second-order valence-electron chi connectivity index (χ2n) is 6.22. The molecule has 2 N–H and O–H groups in total. The SMILES string of the molecule is N#C[C@@H]1CCCN1C(=O)C[C@H](N)Cc1ccc2ccccc2c1. The van der Waals surface area contributed by atoms with Crippen molar-refractivity contribution in [2.24, 2.45) is 5.73 Å². The first-order valence-corrected chi connectivity index (χ1v) is 8.10. The molecule has 0 radical (unpaired) electrons. The van der Waals surface area contributed by atoms with Gasteiger partial charge in [0, 0.05) is 19.0 Å². The summed E-state index contributed by atoms with van der Waals surface area (Å²) in [5, 5.41) is 11.5. The molecule has 2 aromatic carbocycles. The van der Waals surface area contributed by atoms with Gasteiger partial charge < -0.3 is 10.6 Å². The number of carbonyl (C=O) groups is 1. The van der Waals surface area contributed by atoms with E-state index in [2.05, 4.69) is 36.4 Å². The molecule has 1 amide bonds. The number of amides is 1. The average molecular weight is 307 g/mol. The highest BCUT2D eigenvalue weighted by molar-refractivity contribution is 5.83. The Bertz CT molecular complexity index is 750. The Balaban J connectivity index is 1.63. The Morgan fingerprint density at radius 1 is 1.30 bits per heavy atom. The van der Waals surface area contributed by atoms with E-state index < -0.39 is 0 Å². The van der Waals surface area contributed by atoms with E-state index in [4.69, 9.17) is 11.0 Å². The number of benzene rings is 2. The van der Waals surface area contributed by atoms with Gasteiger partial charge in [0.25, 0.3) is 0 Å². The highest BCUT2D eigenvalue weighted by Crippen LogP contribution is 2.19. The first kappa shape index (κ1) is 15.5. The molecule has 0 aliphatic carbocycles. The summed E-state index contributed by atoms with van der Waals surface area (Å²) in [6.45, 7) is 0.680. The summed E-state index contributed by atoms with van der Waals surface area (Å²) in [6, 6.07) is 16.2. The third kappa shape index (κ3) is 3.52. The number of nitrogens with two attached hydrogens (primary N) is 1. The van der Waals surface area contributed by atoms with Crippen molar-refractivity contribution in [3.63, 3.8) is 0 Å². The monoisotopic (exact) mass is 307 g/mol. The van der Waals surface area contributed by atoms with Crippen LogP contribution in [-0.4, -0.2) is 29.4 Å². The molecule has 23 heavy (non-hydrogen) atoms. The molecule has 4 nitrogen and oxygen atoms in total. The van der Waals surface area contributed by atoms with Gasteiger partial charge in [0.15, 0.2) is 0 Å². The van der Waals surface area contributed by atoms with Gasteiger partial charge in [0.05, 0.1) is 6.07 Å². The Kier molecular flexibility index (Phi) is 4.59. The van der Waals surface area contributed by atoms with Crippen molar-refractivity contribution in [2.45, 2.75) is 37.8 Å². The molecule has 0 spiro atoms. The van der Waals surface area contributed by atoms with Crippen molar-refractivity contribution in [3.8, 4) is 6.07 Å². The zero-order valence-corrected chi connectivity index (χ0v) is 13.1. The van der Waals surface area contributed by atoms with Crippen LogP contribution in [0.15, 0.2) is 42.5 Å². The molecular formula is C19H21N3O. The summed E-state index contributed by atoms with van der Waals surface area (Å²) in [5.41, 5.74) is 7.32. The van der Waals surface area contributed by atoms with Crippen molar-refractivity contribution in [1.82, 2.24) is 4.90 Å². The molecule has 1 saturated heterocycles. The summed E-state index contributed by atoms with van der Waals surface area (Å²) in [7, 11) is 0. The lowest BCUT2D eigenvalue weighted by Gasteiger charge is -2.21. The van der Waals surface area contributed by atoms with E-state index in [-0.39, 0.29) is 18.0 Å². The molecule has 2 aromatic rings. The fraction of sp³-hybridized carbons (Fsp3) is 0.368. The first-order valence-electron chi connectivity index (χ1n) is 8.10. The van der Waals surface area contributed by atoms with Crippen molar-refractivity contribution in [1.29, 1.82) is 5.26 Å². The summed E-state index contributed by atoms with van der Waals surface area (Å²) in [4.78, 5) is 14.0. The van der Waals surface area contributed by atoms with Gasteiger partial charge in [-0.25, -0.2) is 0 Å². The van der Waals surface area contributed by atoms with Gasteiger partial charge in [-0.1, -0.05) is 42.5 Å². The smallest absolute Gasteiger partial charge is 0.225 e. The van der Waals surface area contributed by atoms with Gasteiger partial charge in [-0.15, -0.1) is 0 Å². The van der Waals surface area contributed by atoms with Crippen LogP contribution in [0.25, 0.3) is 10.8 Å². The molecule has 0 saturated carbocycles. The molecule has 0 aromatic heterocycles. The number of likely N-dealkylation sites (tertiary alicyclic amines) is 1. The quantitative estimate of drug-likeness (QED) is 0.944. The van der Waals surface area contributed by atoms with Gasteiger partial charge in [-0.3, -0.25) is 4.79 Å². The number of carbonyl (C=O) groups excluding carboxylic acids is 1. The van der Waals surface area contributed by atoms with Gasteiger partial charge >= 0.3 is 0 Å². The molecule has 3 rings (SSSR count). The maximum absolute atomic E-state index is 12.3. The average Bonchev–Trinajstić information content (AvgIpc) is 3.03. The van der Waals surface area contributed by atoms with Crippen LogP contribution in [0, 0.1) is 11.3 Å². The fourth-order valence-corrected chi connectivity index (χ4v) is 3.28. The van der Waals surface area contributed by atoms with Crippen LogP contribution in [0.5, 0.6) is 0 Å². The minimum absolute atomic E-state index is 0.00217. The van der Waals surface area contributed by atoms with Crippen LogP contribution in [0.1, 0.15) is 24.8 Å². The summed E-state index contributed by atoms with van der Waals surface area (Å²) in [5.74, 6) is 0.00217. The topological polar surface area (TPSA) is 70.1 Å². The second-order valence-corrected chi connectivity index (χ2v) is 6.22. The minimum atomic E-state index is -0.268. The maximum atomic E-state index is 12.3. The fourth-order valence-electron chi connectivity index (χ4n) is 3.28. The predicted octanol–water partition coefficient (Wildman–Crippen LogP) is 2.61. The largest absolute Gasteiger partial charge is 0.327 e. The Hall–Kier alpha value is -2.38. The molecule has 1 aliphatic rings. The molecule has 1 aliphatic heterocycles. The number of rotatable bonds is 4. The van der Waals surface area contributed by atoms with Crippen molar-refractivity contribution >= 4 is 16.7 Å².